The summed E-state index contributed by atoms with van der Waals surface area (Å²) in [7, 11) is 0. The van der Waals surface area contributed by atoms with Crippen LogP contribution in [-0.4, -0.2) is 22.8 Å². The van der Waals surface area contributed by atoms with Crippen molar-refractivity contribution >= 4 is 17.5 Å². The minimum absolute atomic E-state index is 0.0864. The van der Waals surface area contributed by atoms with Gasteiger partial charge in [0.2, 0.25) is 0 Å². The highest BCUT2D eigenvalue weighted by atomic mass is 19.1. The average molecular weight is 327 g/mol. The Bertz CT molecular complexity index is 757. The number of hydrogen-bond acceptors (Lipinski definition) is 3. The van der Waals surface area contributed by atoms with Crippen LogP contribution < -0.4 is 10.6 Å². The molecular weight excluding hydrogens is 309 g/mol. The van der Waals surface area contributed by atoms with Gasteiger partial charge < -0.3 is 10.6 Å². The number of benzene rings is 1. The standard InChI is InChI=1S/C18H18FN3O2/c19-15-7-3-4-8-16(15)22-18(24)13-9-12(10-20-11-13)17(23)21-14-5-1-2-6-14/h3-4,7-11,14H,1-2,5-6H2,(H,21,23)(H,22,24). The molecule has 0 aliphatic heterocycles. The normalized spacial score (nSPS) is 14.4. The summed E-state index contributed by atoms with van der Waals surface area (Å²) >= 11 is 0. The van der Waals surface area contributed by atoms with Crippen molar-refractivity contribution < 1.29 is 14.0 Å². The van der Waals surface area contributed by atoms with Gasteiger partial charge in [-0.25, -0.2) is 4.39 Å². The van der Waals surface area contributed by atoms with E-state index < -0.39 is 11.7 Å². The van der Waals surface area contributed by atoms with Crippen molar-refractivity contribution in [2.24, 2.45) is 0 Å². The first kappa shape index (κ1) is 16.1. The molecule has 0 radical (unpaired) electrons. The average Bonchev–Trinajstić information content (AvgIpc) is 3.10. The van der Waals surface area contributed by atoms with E-state index in [-0.39, 0.29) is 23.2 Å². The summed E-state index contributed by atoms with van der Waals surface area (Å²) in [6, 6.07) is 7.56. The van der Waals surface area contributed by atoms with Crippen molar-refractivity contribution in [3.05, 3.63) is 59.7 Å². The van der Waals surface area contributed by atoms with Crippen molar-refractivity contribution in [1.82, 2.24) is 10.3 Å². The molecule has 5 nitrogen and oxygen atoms in total. The van der Waals surface area contributed by atoms with E-state index in [1.54, 1.807) is 12.1 Å². The number of carbonyl (C=O) groups excluding carboxylic acids is 2. The third-order valence-corrected chi connectivity index (χ3v) is 4.08. The van der Waals surface area contributed by atoms with Crippen LogP contribution in [0.3, 0.4) is 0 Å². The van der Waals surface area contributed by atoms with E-state index in [9.17, 15) is 14.0 Å². The van der Waals surface area contributed by atoms with Crippen LogP contribution in [0.15, 0.2) is 42.7 Å². The Morgan fingerprint density at radius 3 is 2.42 bits per heavy atom. The number of anilines is 1. The molecule has 1 aromatic carbocycles. The van der Waals surface area contributed by atoms with E-state index in [4.69, 9.17) is 0 Å². The zero-order chi connectivity index (χ0) is 16.9. The zero-order valence-corrected chi connectivity index (χ0v) is 13.1. The third-order valence-electron chi connectivity index (χ3n) is 4.08. The van der Waals surface area contributed by atoms with Crippen LogP contribution in [0, 0.1) is 5.82 Å². The number of nitrogens with zero attached hydrogens (tertiary/aromatic N) is 1. The van der Waals surface area contributed by atoms with Crippen LogP contribution in [0.4, 0.5) is 10.1 Å². The van der Waals surface area contributed by atoms with Gasteiger partial charge in [-0.1, -0.05) is 25.0 Å². The molecule has 0 saturated heterocycles. The van der Waals surface area contributed by atoms with Crippen LogP contribution in [0.1, 0.15) is 46.4 Å². The van der Waals surface area contributed by atoms with Crippen molar-refractivity contribution in [2.45, 2.75) is 31.7 Å². The highest BCUT2D eigenvalue weighted by Crippen LogP contribution is 2.18. The lowest BCUT2D eigenvalue weighted by Crippen LogP contribution is -2.32. The van der Waals surface area contributed by atoms with E-state index in [0.29, 0.717) is 5.56 Å². The summed E-state index contributed by atoms with van der Waals surface area (Å²) in [5, 5.41) is 5.43. The fourth-order valence-electron chi connectivity index (χ4n) is 2.78. The van der Waals surface area contributed by atoms with Gasteiger partial charge in [-0.2, -0.15) is 0 Å². The number of para-hydroxylation sites is 1. The monoisotopic (exact) mass is 327 g/mol. The number of nitrogens with one attached hydrogen (secondary N) is 2. The Morgan fingerprint density at radius 1 is 1.04 bits per heavy atom. The molecule has 1 aliphatic rings. The summed E-state index contributed by atoms with van der Waals surface area (Å²) < 4.78 is 13.6. The largest absolute Gasteiger partial charge is 0.349 e. The van der Waals surface area contributed by atoms with Crippen LogP contribution in [0.25, 0.3) is 0 Å². The number of rotatable bonds is 4. The number of carbonyl (C=O) groups is 2. The van der Waals surface area contributed by atoms with Crippen molar-refractivity contribution in [2.75, 3.05) is 5.32 Å². The lowest BCUT2D eigenvalue weighted by atomic mass is 10.1. The van der Waals surface area contributed by atoms with Crippen molar-refractivity contribution in [3.63, 3.8) is 0 Å². The highest BCUT2D eigenvalue weighted by molar-refractivity contribution is 6.05. The first-order chi connectivity index (χ1) is 11.6. The lowest BCUT2D eigenvalue weighted by molar-refractivity contribution is 0.0937. The molecule has 1 aromatic heterocycles. The van der Waals surface area contributed by atoms with Crippen molar-refractivity contribution in [3.8, 4) is 0 Å². The molecule has 0 atom stereocenters. The number of halogens is 1. The van der Waals surface area contributed by atoms with Crippen LogP contribution in [0.5, 0.6) is 0 Å². The number of aromatic nitrogens is 1. The molecule has 1 heterocycles. The van der Waals surface area contributed by atoms with E-state index in [1.165, 1.54) is 30.6 Å². The van der Waals surface area contributed by atoms with Gasteiger partial charge in [-0.15, -0.1) is 0 Å². The third kappa shape index (κ3) is 3.76. The Kier molecular flexibility index (Phi) is 4.84. The Hall–Kier alpha value is -2.76. The molecule has 2 N–H and O–H groups in total. The molecule has 0 unspecified atom stereocenters. The van der Waals surface area contributed by atoms with Gasteiger partial charge in [0, 0.05) is 18.4 Å². The van der Waals surface area contributed by atoms with E-state index in [1.807, 2.05) is 0 Å². The molecule has 1 fully saturated rings. The predicted molar refractivity (Wildman–Crippen MR) is 88.3 cm³/mol. The van der Waals surface area contributed by atoms with Gasteiger partial charge in [-0.3, -0.25) is 14.6 Å². The van der Waals surface area contributed by atoms with Crippen LogP contribution in [-0.2, 0) is 0 Å². The molecular formula is C18H18FN3O2. The van der Waals surface area contributed by atoms with Gasteiger partial charge in [0.15, 0.2) is 0 Å². The summed E-state index contributed by atoms with van der Waals surface area (Å²) in [6.45, 7) is 0. The van der Waals surface area contributed by atoms with Gasteiger partial charge >= 0.3 is 0 Å². The van der Waals surface area contributed by atoms with Crippen LogP contribution >= 0.6 is 0 Å². The number of amides is 2. The molecule has 124 valence electrons. The topological polar surface area (TPSA) is 71.1 Å². The lowest BCUT2D eigenvalue weighted by Gasteiger charge is -2.12. The predicted octanol–water partition coefficient (Wildman–Crippen LogP) is 3.15. The molecule has 6 heteroatoms. The Balaban J connectivity index is 1.71. The van der Waals surface area contributed by atoms with E-state index >= 15 is 0 Å². The fourth-order valence-corrected chi connectivity index (χ4v) is 2.78. The summed E-state index contributed by atoms with van der Waals surface area (Å²) in [5.41, 5.74) is 0.615. The first-order valence-electron chi connectivity index (χ1n) is 7.95. The SMILES string of the molecule is O=C(Nc1ccccc1F)c1cncc(C(=O)NC2CCCC2)c1. The van der Waals surface area contributed by atoms with Gasteiger partial charge in [0.1, 0.15) is 5.82 Å². The first-order valence-corrected chi connectivity index (χ1v) is 7.95. The summed E-state index contributed by atoms with van der Waals surface area (Å²) in [4.78, 5) is 28.4. The maximum absolute atomic E-state index is 13.6. The Labute approximate surface area is 139 Å². The zero-order valence-electron chi connectivity index (χ0n) is 13.1. The van der Waals surface area contributed by atoms with E-state index in [0.717, 1.165) is 25.7 Å². The molecule has 0 spiro atoms. The van der Waals surface area contributed by atoms with Gasteiger partial charge in [0.25, 0.3) is 11.8 Å². The smallest absolute Gasteiger partial charge is 0.257 e. The number of hydrogen-bond donors (Lipinski definition) is 2. The second kappa shape index (κ2) is 7.21. The molecule has 1 aliphatic carbocycles. The van der Waals surface area contributed by atoms with Gasteiger partial charge in [-0.05, 0) is 31.0 Å². The second-order valence-electron chi connectivity index (χ2n) is 5.85. The summed E-state index contributed by atoms with van der Waals surface area (Å²) in [5.74, 6) is -1.27. The minimum Gasteiger partial charge on any atom is -0.349 e. The van der Waals surface area contributed by atoms with Gasteiger partial charge in [0.05, 0.1) is 16.8 Å². The maximum atomic E-state index is 13.6. The van der Waals surface area contributed by atoms with Crippen LogP contribution in [0.2, 0.25) is 0 Å². The fraction of sp³-hybridized carbons (Fsp3) is 0.278. The molecule has 0 bridgehead atoms. The maximum Gasteiger partial charge on any atom is 0.257 e. The summed E-state index contributed by atoms with van der Waals surface area (Å²) in [6.07, 6.45) is 6.97. The Morgan fingerprint density at radius 2 is 1.71 bits per heavy atom. The van der Waals surface area contributed by atoms with Crippen molar-refractivity contribution in [1.29, 1.82) is 0 Å². The molecule has 2 aromatic rings. The molecule has 1 saturated carbocycles. The minimum atomic E-state index is -0.519. The second-order valence-corrected chi connectivity index (χ2v) is 5.85. The molecule has 2 amide bonds. The molecule has 24 heavy (non-hydrogen) atoms. The van der Waals surface area contributed by atoms with E-state index in [2.05, 4.69) is 15.6 Å². The number of pyridine rings is 1. The molecule has 3 rings (SSSR count). The quantitative estimate of drug-likeness (QED) is 0.906. The highest BCUT2D eigenvalue weighted by Gasteiger charge is 2.19.